The maximum absolute atomic E-state index is 14.3. The van der Waals surface area contributed by atoms with Crippen LogP contribution < -0.4 is 4.74 Å². The number of amides is 4. The lowest BCUT2D eigenvalue weighted by atomic mass is 9.85. The van der Waals surface area contributed by atoms with Gasteiger partial charge in [0.1, 0.15) is 34.1 Å². The summed E-state index contributed by atoms with van der Waals surface area (Å²) < 4.78 is 89.1. The minimum absolute atomic E-state index is 0.107. The zero-order valence-corrected chi connectivity index (χ0v) is 31.2. The third-order valence-electron chi connectivity index (χ3n) is 9.74. The third kappa shape index (κ3) is 8.33. The average Bonchev–Trinajstić information content (AvgIpc) is 3.64. The third-order valence-corrected chi connectivity index (χ3v) is 10.9. The van der Waals surface area contributed by atoms with Crippen LogP contribution in [0.4, 0.5) is 22.8 Å². The van der Waals surface area contributed by atoms with Gasteiger partial charge in [0.25, 0.3) is 5.91 Å². The summed E-state index contributed by atoms with van der Waals surface area (Å²) in [4.78, 5) is 49.1. The van der Waals surface area contributed by atoms with Gasteiger partial charge in [-0.05, 0) is 89.1 Å². The van der Waals surface area contributed by atoms with Crippen molar-refractivity contribution < 1.29 is 54.7 Å². The number of benzene rings is 2. The van der Waals surface area contributed by atoms with Gasteiger partial charge in [-0.2, -0.15) is 18.2 Å². The van der Waals surface area contributed by atoms with Crippen molar-refractivity contribution >= 4 is 27.9 Å². The molecule has 0 N–H and O–H groups in total. The molecule has 4 heterocycles. The number of nitrogens with zero attached hydrogens (tertiary/aromatic N) is 5. The highest BCUT2D eigenvalue weighted by atomic mass is 32.2. The molecular formula is C36H42F3N5O9S. The molecular weight excluding hydrogens is 735 g/mol. The summed E-state index contributed by atoms with van der Waals surface area (Å²) in [6, 6.07) is 7.78. The Morgan fingerprint density at radius 1 is 1.02 bits per heavy atom. The number of likely N-dealkylation sites (tertiary alicyclic amines) is 1. The number of piperidine rings is 1. The number of aromatic nitrogens is 2. The average molecular weight is 778 g/mol. The summed E-state index contributed by atoms with van der Waals surface area (Å²) in [5.74, 6) is -1.54. The molecule has 3 aliphatic heterocycles. The summed E-state index contributed by atoms with van der Waals surface area (Å²) in [6.45, 7) is 6.77. The van der Waals surface area contributed by atoms with Gasteiger partial charge in [-0.25, -0.2) is 18.0 Å². The summed E-state index contributed by atoms with van der Waals surface area (Å²) in [5, 5.41) is 3.83. The lowest BCUT2D eigenvalue weighted by molar-refractivity contribution is -0.138. The Bertz CT molecular complexity index is 2000. The number of imide groups is 1. The van der Waals surface area contributed by atoms with Crippen LogP contribution in [0.3, 0.4) is 0 Å². The van der Waals surface area contributed by atoms with E-state index < -0.39 is 63.0 Å². The van der Waals surface area contributed by atoms with Gasteiger partial charge in [0.15, 0.2) is 9.84 Å². The molecule has 4 amide bonds. The maximum atomic E-state index is 14.3. The maximum Gasteiger partial charge on any atom is 0.420 e. The SMILES string of the molecule is CC(C)(C)OC(=O)N1CCC2(CC1)C(=O)N(Cc1nc(-c3ccc(Oc4ccccc4S(C)(=O)=O)c(C(F)(F)F)c3)no1)C(=O)N2CCC1CCOCC1. The van der Waals surface area contributed by atoms with Crippen molar-refractivity contribution in [1.82, 2.24) is 24.8 Å². The quantitative estimate of drug-likeness (QED) is 0.224. The van der Waals surface area contributed by atoms with Crippen LogP contribution in [0, 0.1) is 5.92 Å². The number of alkyl halides is 3. The molecule has 292 valence electrons. The van der Waals surface area contributed by atoms with Crippen molar-refractivity contribution in [1.29, 1.82) is 0 Å². The zero-order valence-electron chi connectivity index (χ0n) is 30.3. The molecule has 0 saturated carbocycles. The number of para-hydroxylation sites is 1. The smallest absolute Gasteiger partial charge is 0.420 e. The van der Waals surface area contributed by atoms with E-state index in [-0.39, 0.29) is 53.9 Å². The largest absolute Gasteiger partial charge is 0.455 e. The van der Waals surface area contributed by atoms with E-state index in [1.54, 1.807) is 25.7 Å². The van der Waals surface area contributed by atoms with Gasteiger partial charge < -0.3 is 28.5 Å². The number of ether oxygens (including phenoxy) is 3. The number of carbonyl (C=O) groups excluding carboxylic acids is 3. The van der Waals surface area contributed by atoms with Crippen molar-refractivity contribution in [3.05, 3.63) is 53.9 Å². The monoisotopic (exact) mass is 777 g/mol. The van der Waals surface area contributed by atoms with Crippen molar-refractivity contribution in [2.75, 3.05) is 39.1 Å². The molecule has 0 radical (unpaired) electrons. The van der Waals surface area contributed by atoms with E-state index in [4.69, 9.17) is 18.7 Å². The number of rotatable bonds is 9. The molecule has 0 unspecified atom stereocenters. The standard InChI is InChI=1S/C36H42F3N5O9S/c1-34(2,3)52-33(47)42-17-14-35(15-18-42)31(45)43(32(46)44(35)16-11-23-12-19-50-20-13-23)22-29-40-30(41-53-29)24-9-10-26(25(21-24)36(37,38)39)51-27-7-5-6-8-28(27)54(4,48)49/h5-10,21,23H,11-20,22H2,1-4H3. The predicted molar refractivity (Wildman–Crippen MR) is 185 cm³/mol. The van der Waals surface area contributed by atoms with E-state index in [0.29, 0.717) is 32.1 Å². The van der Waals surface area contributed by atoms with Crippen LogP contribution in [0.15, 0.2) is 51.9 Å². The molecule has 3 fully saturated rings. The van der Waals surface area contributed by atoms with Crippen molar-refractivity contribution in [2.24, 2.45) is 5.92 Å². The Kier molecular flexibility index (Phi) is 10.7. The first kappa shape index (κ1) is 39.0. The van der Waals surface area contributed by atoms with E-state index in [9.17, 15) is 36.0 Å². The van der Waals surface area contributed by atoms with Gasteiger partial charge >= 0.3 is 18.3 Å². The molecule has 0 bridgehead atoms. The van der Waals surface area contributed by atoms with Gasteiger partial charge in [0, 0.05) is 44.7 Å². The minimum Gasteiger partial charge on any atom is -0.455 e. The Balaban J connectivity index is 1.23. The first-order valence-electron chi connectivity index (χ1n) is 17.6. The summed E-state index contributed by atoms with van der Waals surface area (Å²) >= 11 is 0. The highest BCUT2D eigenvalue weighted by molar-refractivity contribution is 7.90. The fourth-order valence-electron chi connectivity index (χ4n) is 6.96. The normalized spacial score (nSPS) is 18.5. The molecule has 1 aromatic heterocycles. The number of sulfone groups is 1. The second-order valence-electron chi connectivity index (χ2n) is 14.7. The predicted octanol–water partition coefficient (Wildman–Crippen LogP) is 6.30. The molecule has 14 nitrogen and oxygen atoms in total. The number of urea groups is 1. The van der Waals surface area contributed by atoms with Crippen molar-refractivity contribution in [3.8, 4) is 22.9 Å². The Morgan fingerprint density at radius 2 is 1.70 bits per heavy atom. The van der Waals surface area contributed by atoms with Crippen LogP contribution >= 0.6 is 0 Å². The van der Waals surface area contributed by atoms with Crippen LogP contribution in [0.5, 0.6) is 11.5 Å². The summed E-state index contributed by atoms with van der Waals surface area (Å²) in [6.07, 6.45) is -1.83. The van der Waals surface area contributed by atoms with Gasteiger partial charge in [0.2, 0.25) is 11.7 Å². The zero-order chi connectivity index (χ0) is 39.1. The number of halogens is 3. The Hall–Kier alpha value is -4.71. The van der Waals surface area contributed by atoms with Crippen LogP contribution in [-0.2, 0) is 36.8 Å². The molecule has 18 heteroatoms. The molecule has 3 saturated heterocycles. The summed E-state index contributed by atoms with van der Waals surface area (Å²) in [7, 11) is -3.82. The lowest BCUT2D eigenvalue weighted by Crippen LogP contribution is -2.58. The van der Waals surface area contributed by atoms with E-state index in [1.165, 1.54) is 35.2 Å². The van der Waals surface area contributed by atoms with Crippen molar-refractivity contribution in [3.63, 3.8) is 0 Å². The highest BCUT2D eigenvalue weighted by Crippen LogP contribution is 2.42. The van der Waals surface area contributed by atoms with E-state index >= 15 is 0 Å². The summed E-state index contributed by atoms with van der Waals surface area (Å²) in [5.41, 5.74) is -3.27. The second kappa shape index (κ2) is 14.8. The van der Waals surface area contributed by atoms with E-state index in [2.05, 4.69) is 10.1 Å². The Labute approximate surface area is 310 Å². The molecule has 1 spiro atoms. The molecule has 0 aliphatic carbocycles. The molecule has 3 aliphatic rings. The van der Waals surface area contributed by atoms with E-state index in [0.717, 1.165) is 36.1 Å². The van der Waals surface area contributed by atoms with Gasteiger partial charge in [-0.3, -0.25) is 9.69 Å². The fraction of sp³-hybridized carbons (Fsp3) is 0.528. The lowest BCUT2D eigenvalue weighted by Gasteiger charge is -2.42. The Morgan fingerprint density at radius 3 is 2.35 bits per heavy atom. The molecule has 6 rings (SSSR count). The fourth-order valence-corrected chi connectivity index (χ4v) is 7.76. The minimum atomic E-state index is -4.92. The van der Waals surface area contributed by atoms with Gasteiger partial charge in [0.05, 0.1) is 5.56 Å². The second-order valence-corrected chi connectivity index (χ2v) is 16.7. The number of hydrogen-bond acceptors (Lipinski definition) is 11. The van der Waals surface area contributed by atoms with Gasteiger partial charge in [-0.1, -0.05) is 17.3 Å². The van der Waals surface area contributed by atoms with E-state index in [1.807, 2.05) is 0 Å². The van der Waals surface area contributed by atoms with Crippen LogP contribution in [-0.4, -0.2) is 102 Å². The molecule has 0 atom stereocenters. The number of hydrogen-bond donors (Lipinski definition) is 0. The highest BCUT2D eigenvalue weighted by Gasteiger charge is 2.58. The van der Waals surface area contributed by atoms with Crippen molar-refractivity contribution in [2.45, 2.75) is 81.6 Å². The molecule has 2 aromatic carbocycles. The van der Waals surface area contributed by atoms with Crippen LogP contribution in [0.1, 0.15) is 64.3 Å². The number of carbonyl (C=O) groups is 3. The first-order chi connectivity index (χ1) is 25.4. The van der Waals surface area contributed by atoms with Crippen LogP contribution in [0.25, 0.3) is 11.4 Å². The molecule has 54 heavy (non-hydrogen) atoms. The van der Waals surface area contributed by atoms with Gasteiger partial charge in [-0.15, -0.1) is 0 Å². The van der Waals surface area contributed by atoms with Crippen LogP contribution in [0.2, 0.25) is 0 Å². The topological polar surface area (TPSA) is 162 Å². The first-order valence-corrected chi connectivity index (χ1v) is 19.5. The molecule has 3 aromatic rings.